The number of nitrogens with zero attached hydrogens (tertiary/aromatic N) is 6. The van der Waals surface area contributed by atoms with Crippen LogP contribution in [-0.2, 0) is 29.6 Å². The van der Waals surface area contributed by atoms with Gasteiger partial charge in [0, 0.05) is 37.7 Å². The number of rotatable bonds is 10. The Morgan fingerprint density at radius 1 is 0.429 bits per heavy atom. The lowest BCUT2D eigenvalue weighted by molar-refractivity contribution is -0.136. The zero-order chi connectivity index (χ0) is 48.6. The van der Waals surface area contributed by atoms with Crippen molar-refractivity contribution in [3.63, 3.8) is 0 Å². The maximum Gasteiger partial charge on any atom is 0.324 e. The summed E-state index contributed by atoms with van der Waals surface area (Å²) in [6.45, 7) is -2.45. The number of phenols is 2. The third-order valence-electron chi connectivity index (χ3n) is 11.7. The van der Waals surface area contributed by atoms with Crippen LogP contribution in [0.15, 0.2) is 163 Å². The first-order valence-corrected chi connectivity index (χ1v) is 24.0. The predicted octanol–water partition coefficient (Wildman–Crippen LogP) is 5.70. The number of aromatic hydroxyl groups is 2. The molecule has 1 aliphatic heterocycles. The fraction of sp³-hybridized carbons (Fsp3) is 0.0417. The molecule has 1 aliphatic rings. The van der Waals surface area contributed by atoms with E-state index in [1.54, 1.807) is 36.4 Å². The van der Waals surface area contributed by atoms with Crippen molar-refractivity contribution in [1.29, 1.82) is 0 Å². The minimum absolute atomic E-state index is 0.00601. The number of aliphatic carboxylic acids is 2. The van der Waals surface area contributed by atoms with Crippen LogP contribution in [0.5, 0.6) is 11.5 Å². The highest BCUT2D eigenvalue weighted by molar-refractivity contribution is 7.96. The fourth-order valence-electron chi connectivity index (χ4n) is 8.62. The number of hydrogen-bond acceptors (Lipinski definition) is 12. The van der Waals surface area contributed by atoms with Gasteiger partial charge >= 0.3 is 11.9 Å². The molecule has 4 aromatic heterocycles. The first-order chi connectivity index (χ1) is 33.6. The summed E-state index contributed by atoms with van der Waals surface area (Å²) >= 11 is 0. The second kappa shape index (κ2) is 16.2. The number of benzene rings is 6. The van der Waals surface area contributed by atoms with Crippen LogP contribution in [0, 0.1) is 0 Å². The van der Waals surface area contributed by atoms with Gasteiger partial charge in [0.15, 0.2) is 0 Å². The van der Waals surface area contributed by atoms with E-state index in [2.05, 4.69) is 19.9 Å². The first kappa shape index (κ1) is 43.3. The van der Waals surface area contributed by atoms with Crippen molar-refractivity contribution < 1.29 is 46.9 Å². The number of anilines is 2. The Morgan fingerprint density at radius 3 is 1.20 bits per heavy atom. The van der Waals surface area contributed by atoms with Gasteiger partial charge in [0.25, 0.3) is 20.0 Å². The molecule has 0 saturated heterocycles. The van der Waals surface area contributed by atoms with Gasteiger partial charge in [-0.25, -0.2) is 36.8 Å². The standard InChI is InChI=1S/C48H34N10O10S2/c59-27-17-13-25(14-18-27)57(23-37(61)62)69(65,66)36-22-21-35-39(40(36)70(67,68)58(24-38(63)64)26-15-19-28(60)20-16-26)48-55-46-34-12-6-5-11-33(34)44(53-46)51-42-30-8-2-1-7-29(30)41(49-42)50-43-31-9-3-4-10-32(31)45(52-43)54-47(35)56-48/h1-22,59-60H,23-24H2,(H,61,62)(H,63,64)(H4,49,50,51,52,53,54,55,56). The van der Waals surface area contributed by atoms with Crippen molar-refractivity contribution in [3.8, 4) is 11.5 Å². The number of aromatic amines is 4. The molecule has 0 fully saturated rings. The molecule has 70 heavy (non-hydrogen) atoms. The van der Waals surface area contributed by atoms with E-state index < -0.39 is 54.9 Å². The smallest absolute Gasteiger partial charge is 0.324 e. The third kappa shape index (κ3) is 7.21. The second-order valence-electron chi connectivity index (χ2n) is 16.0. The third-order valence-corrected chi connectivity index (χ3v) is 15.5. The highest BCUT2D eigenvalue weighted by Gasteiger charge is 2.40. The summed E-state index contributed by atoms with van der Waals surface area (Å²) in [6.07, 6.45) is 0. The predicted molar refractivity (Wildman–Crippen MR) is 257 cm³/mol. The van der Waals surface area contributed by atoms with Crippen LogP contribution in [0.4, 0.5) is 34.6 Å². The number of carboxylic acids is 2. The number of H-pyrrole nitrogens is 4. The molecule has 20 nitrogen and oxygen atoms in total. The highest BCUT2D eigenvalue weighted by Crippen LogP contribution is 2.44. The van der Waals surface area contributed by atoms with E-state index in [0.29, 0.717) is 52.8 Å². The molecule has 0 saturated carbocycles. The number of carbonyl (C=O) groups is 2. The van der Waals surface area contributed by atoms with Gasteiger partial charge in [-0.15, -0.1) is 0 Å². The van der Waals surface area contributed by atoms with Crippen LogP contribution in [0.3, 0.4) is 0 Å². The first-order valence-electron chi connectivity index (χ1n) is 21.1. The van der Waals surface area contributed by atoms with E-state index >= 15 is 16.8 Å². The van der Waals surface area contributed by atoms with E-state index in [1.165, 1.54) is 6.07 Å². The van der Waals surface area contributed by atoms with Gasteiger partial charge in [0.1, 0.15) is 79.6 Å². The van der Waals surface area contributed by atoms with Crippen molar-refractivity contribution in [2.24, 2.45) is 20.0 Å². The van der Waals surface area contributed by atoms with Crippen LogP contribution >= 0.6 is 0 Å². The van der Waals surface area contributed by atoms with Crippen LogP contribution < -0.4 is 30.6 Å². The molecule has 0 unspecified atom stereocenters. The van der Waals surface area contributed by atoms with Crippen LogP contribution in [0.25, 0.3) is 43.1 Å². The van der Waals surface area contributed by atoms with Crippen molar-refractivity contribution >= 4 is 110 Å². The summed E-state index contributed by atoms with van der Waals surface area (Å²) in [6, 6.07) is 33.2. The summed E-state index contributed by atoms with van der Waals surface area (Å²) in [5.74, 6) is -3.16. The number of fused-ring (bicyclic) bond motifs is 20. The summed E-state index contributed by atoms with van der Waals surface area (Å²) < 4.78 is 63.0. The second-order valence-corrected chi connectivity index (χ2v) is 19.7. The Balaban J connectivity index is 1.32. The van der Waals surface area contributed by atoms with Crippen molar-refractivity contribution in [3.05, 3.63) is 155 Å². The van der Waals surface area contributed by atoms with E-state index in [9.17, 15) is 30.0 Å². The molecule has 22 heteroatoms. The lowest BCUT2D eigenvalue weighted by Crippen LogP contribution is -2.39. The number of carboxylic acid groups (broad SMARTS) is 2. The van der Waals surface area contributed by atoms with Gasteiger partial charge in [-0.3, -0.25) is 18.2 Å². The van der Waals surface area contributed by atoms with Gasteiger partial charge in [-0.2, -0.15) is 0 Å². The van der Waals surface area contributed by atoms with Gasteiger partial charge in [0.05, 0.1) is 16.8 Å². The number of hydrogen-bond donors (Lipinski definition) is 8. The zero-order valence-corrected chi connectivity index (χ0v) is 37.5. The molecule has 11 rings (SSSR count). The molecule has 6 aromatic carbocycles. The van der Waals surface area contributed by atoms with Gasteiger partial charge < -0.3 is 40.4 Å². The quantitative estimate of drug-likeness (QED) is 0.0827. The molecule has 0 amide bonds. The van der Waals surface area contributed by atoms with E-state index in [4.69, 9.17) is 20.0 Å². The molecular formula is C48H34N10O10S2. The van der Waals surface area contributed by atoms with Crippen molar-refractivity contribution in [2.75, 3.05) is 21.7 Å². The summed E-state index contributed by atoms with van der Waals surface area (Å²) in [5.41, 5.74) is 0.591. The number of nitrogens with one attached hydrogen (secondary N) is 4. The molecular weight excluding hydrogens is 941 g/mol. The minimum Gasteiger partial charge on any atom is -0.508 e. The summed E-state index contributed by atoms with van der Waals surface area (Å²) in [7, 11) is -10.8. The van der Waals surface area contributed by atoms with E-state index in [1.807, 2.05) is 36.4 Å². The fourth-order valence-corrected chi connectivity index (χ4v) is 12.4. The Morgan fingerprint density at radius 2 is 0.786 bits per heavy atom. The molecule has 0 aliphatic carbocycles. The largest absolute Gasteiger partial charge is 0.508 e. The number of sulfonamides is 2. The highest BCUT2D eigenvalue weighted by atomic mass is 32.2. The normalized spacial score (nSPS) is 12.6. The monoisotopic (exact) mass is 974 g/mol. The molecule has 10 aromatic rings. The Kier molecular flexibility index (Phi) is 10.0. The average molecular weight is 975 g/mol. The molecule has 8 N–H and O–H groups in total. The molecule has 0 atom stereocenters. The van der Waals surface area contributed by atoms with E-state index in [0.717, 1.165) is 65.4 Å². The van der Waals surface area contributed by atoms with Crippen molar-refractivity contribution in [1.82, 2.24) is 19.9 Å². The Labute approximate surface area is 393 Å². The van der Waals surface area contributed by atoms with Crippen LogP contribution in [0.1, 0.15) is 0 Å². The SMILES string of the molecule is O=C(O)CN(c1ccc(O)cc1)S(=O)(=O)c1ccc2c3[nH]c(c2c1S(=O)(=O)N(CC(=O)O)c1ccc(O)cc1)N=c1[nH]c(c2ccccc12)=Nc1[nH]c(c2ccccc12)N=c1[nH]c(c2ccccc12)=N3. The maximum absolute atomic E-state index is 15.8. The zero-order valence-electron chi connectivity index (χ0n) is 35.9. The molecule has 0 radical (unpaired) electrons. The minimum atomic E-state index is -5.44. The van der Waals surface area contributed by atoms with Gasteiger partial charge in [-0.1, -0.05) is 72.8 Å². The average Bonchev–Trinajstić information content (AvgIpc) is 4.08. The molecule has 5 heterocycles. The lowest BCUT2D eigenvalue weighted by Gasteiger charge is -2.27. The molecule has 0 spiro atoms. The summed E-state index contributed by atoms with van der Waals surface area (Å²) in [5, 5.41) is 44.1. The number of phenolic OH excluding ortho intramolecular Hbond substituents is 2. The summed E-state index contributed by atoms with van der Waals surface area (Å²) in [4.78, 5) is 56.2. The number of aromatic nitrogens is 4. The van der Waals surface area contributed by atoms with Gasteiger partial charge in [0.2, 0.25) is 0 Å². The molecule has 348 valence electrons. The van der Waals surface area contributed by atoms with E-state index in [-0.39, 0.29) is 56.3 Å². The molecule has 8 bridgehead atoms. The lowest BCUT2D eigenvalue weighted by atomic mass is 10.2. The van der Waals surface area contributed by atoms with Crippen LogP contribution in [0.2, 0.25) is 0 Å². The van der Waals surface area contributed by atoms with Gasteiger partial charge in [-0.05, 0) is 60.7 Å². The maximum atomic E-state index is 15.8. The van der Waals surface area contributed by atoms with Crippen LogP contribution in [-0.4, -0.2) is 82.2 Å². The Bertz CT molecular complexity index is 4330. The Hall–Kier alpha value is -9.28. The van der Waals surface area contributed by atoms with Crippen molar-refractivity contribution in [2.45, 2.75) is 9.79 Å². The topological polar surface area (TPSA) is 302 Å².